The van der Waals surface area contributed by atoms with Gasteiger partial charge in [-0.25, -0.2) is 8.42 Å². The van der Waals surface area contributed by atoms with Gasteiger partial charge in [-0.05, 0) is 29.3 Å². The molecule has 0 amide bonds. The van der Waals surface area contributed by atoms with Gasteiger partial charge in [0.05, 0.1) is 24.7 Å². The summed E-state index contributed by atoms with van der Waals surface area (Å²) in [5.41, 5.74) is 2.52. The number of benzene rings is 2. The molecule has 3 aliphatic heterocycles. The Balaban J connectivity index is 1.24. The van der Waals surface area contributed by atoms with E-state index in [9.17, 15) is 8.42 Å². The summed E-state index contributed by atoms with van der Waals surface area (Å²) in [6.07, 6.45) is 1.75. The molecule has 0 aliphatic carbocycles. The Bertz CT molecular complexity index is 1030. The fourth-order valence-electron chi connectivity index (χ4n) is 4.18. The smallest absolute Gasteiger partial charge is 0.243 e. The van der Waals surface area contributed by atoms with Crippen molar-refractivity contribution >= 4 is 10.0 Å². The van der Waals surface area contributed by atoms with Gasteiger partial charge in [0, 0.05) is 51.6 Å². The Kier molecular flexibility index (Phi) is 5.30. The normalized spacial score (nSPS) is 19.7. The average molecular weight is 431 g/mol. The molecular formula is C22H26N2O5S. The Morgan fingerprint density at radius 3 is 2.37 bits per heavy atom. The minimum atomic E-state index is -3.56. The van der Waals surface area contributed by atoms with E-state index in [0.29, 0.717) is 50.9 Å². The van der Waals surface area contributed by atoms with Gasteiger partial charge in [-0.1, -0.05) is 12.1 Å². The monoisotopic (exact) mass is 430 g/mol. The highest BCUT2D eigenvalue weighted by molar-refractivity contribution is 7.89. The van der Waals surface area contributed by atoms with Crippen LogP contribution in [-0.4, -0.2) is 63.6 Å². The lowest BCUT2D eigenvalue weighted by molar-refractivity contribution is 0.181. The van der Waals surface area contributed by atoms with Crippen molar-refractivity contribution in [3.63, 3.8) is 0 Å². The predicted octanol–water partition coefficient (Wildman–Crippen LogP) is 2.29. The molecule has 0 radical (unpaired) electrons. The van der Waals surface area contributed by atoms with Crippen molar-refractivity contribution in [2.45, 2.75) is 24.3 Å². The SMILES string of the molecule is O=S(=O)(c1ccc2c(c1)OCCCO2)N1CCN(Cc2ccc3c(c2)CCO3)CC1. The third-order valence-electron chi connectivity index (χ3n) is 5.85. The number of nitrogens with zero attached hydrogens (tertiary/aromatic N) is 2. The first-order valence-corrected chi connectivity index (χ1v) is 11.9. The highest BCUT2D eigenvalue weighted by atomic mass is 32.2. The van der Waals surface area contributed by atoms with Gasteiger partial charge < -0.3 is 14.2 Å². The van der Waals surface area contributed by atoms with Crippen LogP contribution in [0.3, 0.4) is 0 Å². The number of fused-ring (bicyclic) bond motifs is 2. The van der Waals surface area contributed by atoms with E-state index in [1.165, 1.54) is 11.1 Å². The van der Waals surface area contributed by atoms with E-state index in [1.807, 2.05) is 6.07 Å². The van der Waals surface area contributed by atoms with Crippen LogP contribution in [0.15, 0.2) is 41.3 Å². The zero-order chi connectivity index (χ0) is 20.6. The summed E-state index contributed by atoms with van der Waals surface area (Å²) in [6.45, 7) is 5.06. The zero-order valence-electron chi connectivity index (χ0n) is 16.9. The molecule has 0 saturated carbocycles. The minimum absolute atomic E-state index is 0.263. The molecule has 0 bridgehead atoms. The first-order valence-electron chi connectivity index (χ1n) is 10.5. The third kappa shape index (κ3) is 3.87. The van der Waals surface area contributed by atoms with E-state index in [1.54, 1.807) is 22.5 Å². The van der Waals surface area contributed by atoms with Gasteiger partial charge in [-0.15, -0.1) is 0 Å². The lowest BCUT2D eigenvalue weighted by atomic mass is 10.1. The van der Waals surface area contributed by atoms with Crippen molar-refractivity contribution in [3.8, 4) is 17.2 Å². The van der Waals surface area contributed by atoms with Crippen molar-refractivity contribution in [2.24, 2.45) is 0 Å². The standard InChI is InChI=1S/C22H26N2O5S/c25-30(26,19-3-5-21-22(15-19)28-12-1-11-27-21)24-9-7-23(8-10-24)16-17-2-4-20-18(14-17)6-13-29-20/h2-5,14-15H,1,6-13,16H2. The highest BCUT2D eigenvalue weighted by Gasteiger charge is 2.29. The number of piperazine rings is 1. The maximum absolute atomic E-state index is 13.1. The van der Waals surface area contributed by atoms with Crippen LogP contribution in [0.4, 0.5) is 0 Å². The molecule has 2 aromatic carbocycles. The molecule has 3 aliphatic rings. The summed E-state index contributed by atoms with van der Waals surface area (Å²) in [7, 11) is -3.56. The molecule has 0 N–H and O–H groups in total. The van der Waals surface area contributed by atoms with E-state index >= 15 is 0 Å². The highest BCUT2D eigenvalue weighted by Crippen LogP contribution is 2.33. The second-order valence-corrected chi connectivity index (χ2v) is 9.82. The number of hydrogen-bond acceptors (Lipinski definition) is 6. The number of rotatable bonds is 4. The molecule has 1 fully saturated rings. The average Bonchev–Trinajstić information content (AvgIpc) is 3.09. The zero-order valence-corrected chi connectivity index (χ0v) is 17.7. The second-order valence-electron chi connectivity index (χ2n) is 7.88. The second kappa shape index (κ2) is 8.09. The minimum Gasteiger partial charge on any atom is -0.493 e. The molecule has 0 atom stereocenters. The molecule has 0 spiro atoms. The van der Waals surface area contributed by atoms with Crippen LogP contribution < -0.4 is 14.2 Å². The molecular weight excluding hydrogens is 404 g/mol. The van der Waals surface area contributed by atoms with Crippen LogP contribution in [0, 0.1) is 0 Å². The Labute approximate surface area is 177 Å². The largest absolute Gasteiger partial charge is 0.493 e. The quantitative estimate of drug-likeness (QED) is 0.742. The van der Waals surface area contributed by atoms with Crippen molar-refractivity contribution in [3.05, 3.63) is 47.5 Å². The number of ether oxygens (including phenoxy) is 3. The Morgan fingerprint density at radius 2 is 1.53 bits per heavy atom. The van der Waals surface area contributed by atoms with Gasteiger partial charge in [-0.3, -0.25) is 4.90 Å². The summed E-state index contributed by atoms with van der Waals surface area (Å²) in [6, 6.07) is 11.3. The Hall–Kier alpha value is -2.29. The number of hydrogen-bond donors (Lipinski definition) is 0. The van der Waals surface area contributed by atoms with Gasteiger partial charge in [0.1, 0.15) is 5.75 Å². The maximum Gasteiger partial charge on any atom is 0.243 e. The molecule has 5 rings (SSSR count). The maximum atomic E-state index is 13.1. The topological polar surface area (TPSA) is 68.3 Å². The van der Waals surface area contributed by atoms with Crippen molar-refractivity contribution < 1.29 is 22.6 Å². The van der Waals surface area contributed by atoms with E-state index in [2.05, 4.69) is 17.0 Å². The van der Waals surface area contributed by atoms with Crippen LogP contribution in [0.25, 0.3) is 0 Å². The summed E-state index contributed by atoms with van der Waals surface area (Å²) in [4.78, 5) is 2.57. The van der Waals surface area contributed by atoms with Gasteiger partial charge in [0.25, 0.3) is 0 Å². The van der Waals surface area contributed by atoms with Crippen LogP contribution in [0.1, 0.15) is 17.5 Å². The summed E-state index contributed by atoms with van der Waals surface area (Å²) < 4.78 is 44.7. The first kappa shape index (κ1) is 19.7. The van der Waals surface area contributed by atoms with Crippen LogP contribution >= 0.6 is 0 Å². The number of sulfonamides is 1. The van der Waals surface area contributed by atoms with E-state index in [4.69, 9.17) is 14.2 Å². The van der Waals surface area contributed by atoms with Crippen LogP contribution in [0.2, 0.25) is 0 Å². The van der Waals surface area contributed by atoms with Crippen LogP contribution in [-0.2, 0) is 23.0 Å². The summed E-state index contributed by atoms with van der Waals surface area (Å²) in [5.74, 6) is 2.11. The van der Waals surface area contributed by atoms with Gasteiger partial charge in [-0.2, -0.15) is 4.31 Å². The molecule has 8 heteroatoms. The molecule has 3 heterocycles. The molecule has 7 nitrogen and oxygen atoms in total. The molecule has 1 saturated heterocycles. The predicted molar refractivity (Wildman–Crippen MR) is 112 cm³/mol. The van der Waals surface area contributed by atoms with Gasteiger partial charge in [0.15, 0.2) is 11.5 Å². The van der Waals surface area contributed by atoms with Gasteiger partial charge in [0.2, 0.25) is 10.0 Å². The Morgan fingerprint density at radius 1 is 0.800 bits per heavy atom. The summed E-state index contributed by atoms with van der Waals surface area (Å²) >= 11 is 0. The third-order valence-corrected chi connectivity index (χ3v) is 7.74. The van der Waals surface area contributed by atoms with Gasteiger partial charge >= 0.3 is 0 Å². The summed E-state index contributed by atoms with van der Waals surface area (Å²) in [5, 5.41) is 0. The van der Waals surface area contributed by atoms with E-state index in [0.717, 1.165) is 31.7 Å². The lowest BCUT2D eigenvalue weighted by Gasteiger charge is -2.34. The molecule has 0 aromatic heterocycles. The van der Waals surface area contributed by atoms with E-state index in [-0.39, 0.29) is 4.90 Å². The molecule has 160 valence electrons. The van der Waals surface area contributed by atoms with E-state index < -0.39 is 10.0 Å². The van der Waals surface area contributed by atoms with Crippen LogP contribution in [0.5, 0.6) is 17.2 Å². The fraction of sp³-hybridized carbons (Fsp3) is 0.455. The lowest BCUT2D eigenvalue weighted by Crippen LogP contribution is -2.48. The van der Waals surface area contributed by atoms with Crippen molar-refractivity contribution in [1.82, 2.24) is 9.21 Å². The molecule has 30 heavy (non-hydrogen) atoms. The van der Waals surface area contributed by atoms with Crippen molar-refractivity contribution in [2.75, 3.05) is 46.0 Å². The first-order chi connectivity index (χ1) is 14.6. The van der Waals surface area contributed by atoms with Crippen molar-refractivity contribution in [1.29, 1.82) is 0 Å². The molecule has 0 unspecified atom stereocenters. The molecule has 2 aromatic rings. The fourth-order valence-corrected chi connectivity index (χ4v) is 5.62.